The molecule has 1 aliphatic rings. The molecule has 0 bridgehead atoms. The average molecular weight is 265 g/mol. The Morgan fingerprint density at radius 3 is 2.45 bits per heavy atom. The van der Waals surface area contributed by atoms with Gasteiger partial charge < -0.3 is 0 Å². The number of hydrogen-bond donors (Lipinski definition) is 0. The van der Waals surface area contributed by atoms with Gasteiger partial charge in [0.25, 0.3) is 5.84 Å². The number of rotatable bonds is 2. The Balaban J connectivity index is 2.10. The summed E-state index contributed by atoms with van der Waals surface area (Å²) in [4.78, 5) is 2.42. The van der Waals surface area contributed by atoms with Gasteiger partial charge in [-0.05, 0) is 43.2 Å². The van der Waals surface area contributed by atoms with Crippen LogP contribution >= 0.6 is 0 Å². The van der Waals surface area contributed by atoms with E-state index in [4.69, 9.17) is 0 Å². The van der Waals surface area contributed by atoms with Crippen molar-refractivity contribution >= 4 is 11.5 Å². The Bertz CT molecular complexity index is 656. The minimum Gasteiger partial charge on any atom is -0.260 e. The lowest BCUT2D eigenvalue weighted by Crippen LogP contribution is -2.30. The Morgan fingerprint density at radius 1 is 0.950 bits per heavy atom. The van der Waals surface area contributed by atoms with Crippen molar-refractivity contribution in [1.29, 1.82) is 0 Å². The molecule has 1 aliphatic heterocycles. The summed E-state index contributed by atoms with van der Waals surface area (Å²) in [5.41, 5.74) is 5.34. The monoisotopic (exact) mass is 265 g/mol. The maximum Gasteiger partial charge on any atom is 0.284 e. The first-order valence-electron chi connectivity index (χ1n) is 7.16. The number of para-hydroxylation sites is 1. The van der Waals surface area contributed by atoms with E-state index in [0.29, 0.717) is 0 Å². The number of benzene rings is 2. The summed E-state index contributed by atoms with van der Waals surface area (Å²) in [7, 11) is 2.18. The summed E-state index contributed by atoms with van der Waals surface area (Å²) in [6, 6.07) is 17.2. The maximum atomic E-state index is 2.42. The Labute approximate surface area is 121 Å². The van der Waals surface area contributed by atoms with E-state index in [2.05, 4.69) is 78.9 Å². The second-order valence-corrected chi connectivity index (χ2v) is 5.48. The van der Waals surface area contributed by atoms with Crippen LogP contribution in [0.15, 0.2) is 48.5 Å². The Morgan fingerprint density at radius 2 is 1.70 bits per heavy atom. The molecule has 102 valence electrons. The van der Waals surface area contributed by atoms with Gasteiger partial charge in [-0.15, -0.1) is 0 Å². The smallest absolute Gasteiger partial charge is 0.260 e. The molecule has 0 saturated heterocycles. The quantitative estimate of drug-likeness (QED) is 0.756. The van der Waals surface area contributed by atoms with Crippen LogP contribution in [0.1, 0.15) is 16.7 Å². The maximum absolute atomic E-state index is 2.42. The lowest BCUT2D eigenvalue weighted by Gasteiger charge is -2.15. The van der Waals surface area contributed by atoms with Crippen molar-refractivity contribution in [3.63, 3.8) is 0 Å². The molecule has 2 aromatic carbocycles. The molecular formula is C18H21N2+. The molecule has 0 amide bonds. The van der Waals surface area contributed by atoms with E-state index in [1.54, 1.807) is 0 Å². The molecule has 1 heterocycles. The van der Waals surface area contributed by atoms with E-state index in [1.807, 2.05) is 0 Å². The number of amidine groups is 1. The fourth-order valence-electron chi connectivity index (χ4n) is 2.87. The van der Waals surface area contributed by atoms with Crippen LogP contribution < -0.4 is 4.90 Å². The SMILES string of the molecule is Cc1cccc(C2=[N+](C)CCN2c2ccccc2)c1C. The van der Waals surface area contributed by atoms with Gasteiger partial charge in [0.1, 0.15) is 18.8 Å². The molecule has 0 fully saturated rings. The second kappa shape index (κ2) is 5.12. The molecule has 2 heteroatoms. The van der Waals surface area contributed by atoms with E-state index in [9.17, 15) is 0 Å². The highest BCUT2D eigenvalue weighted by atomic mass is 15.3. The molecule has 0 aliphatic carbocycles. The van der Waals surface area contributed by atoms with Crippen molar-refractivity contribution in [3.05, 3.63) is 65.2 Å². The van der Waals surface area contributed by atoms with Crippen LogP contribution in [-0.2, 0) is 0 Å². The van der Waals surface area contributed by atoms with Crippen LogP contribution in [0.3, 0.4) is 0 Å². The third kappa shape index (κ3) is 2.11. The number of aryl methyl sites for hydroxylation is 1. The molecule has 2 nitrogen and oxygen atoms in total. The van der Waals surface area contributed by atoms with Crippen LogP contribution in [0.25, 0.3) is 0 Å². The molecular weight excluding hydrogens is 244 g/mol. The number of hydrogen-bond acceptors (Lipinski definition) is 1. The lowest BCUT2D eigenvalue weighted by molar-refractivity contribution is -0.485. The Kier molecular flexibility index (Phi) is 3.31. The van der Waals surface area contributed by atoms with Gasteiger partial charge in [0, 0.05) is 0 Å². The van der Waals surface area contributed by atoms with Gasteiger partial charge in [0.15, 0.2) is 0 Å². The standard InChI is InChI=1S/C18H21N2/c1-14-8-7-11-17(15(14)2)18-19(3)12-13-20(18)16-9-5-4-6-10-16/h4-11H,12-13H2,1-3H3/q+1. The van der Waals surface area contributed by atoms with Crippen LogP contribution in [0.4, 0.5) is 5.69 Å². The number of anilines is 1. The summed E-state index contributed by atoms with van der Waals surface area (Å²) in [6.07, 6.45) is 0. The van der Waals surface area contributed by atoms with Crippen LogP contribution in [0.2, 0.25) is 0 Å². The summed E-state index contributed by atoms with van der Waals surface area (Å²) in [5, 5.41) is 0. The zero-order chi connectivity index (χ0) is 14.1. The first-order chi connectivity index (χ1) is 9.68. The predicted molar refractivity (Wildman–Crippen MR) is 84.9 cm³/mol. The van der Waals surface area contributed by atoms with Gasteiger partial charge in [0.05, 0.1) is 12.6 Å². The molecule has 0 spiro atoms. The van der Waals surface area contributed by atoms with Crippen molar-refractivity contribution in [2.24, 2.45) is 0 Å². The highest BCUT2D eigenvalue weighted by molar-refractivity contribution is 6.08. The molecule has 0 unspecified atom stereocenters. The lowest BCUT2D eigenvalue weighted by atomic mass is 10.0. The van der Waals surface area contributed by atoms with E-state index in [1.165, 1.54) is 28.2 Å². The summed E-state index contributed by atoms with van der Waals surface area (Å²) >= 11 is 0. The zero-order valence-corrected chi connectivity index (χ0v) is 12.4. The van der Waals surface area contributed by atoms with Gasteiger partial charge in [0.2, 0.25) is 0 Å². The van der Waals surface area contributed by atoms with Gasteiger partial charge in [-0.2, -0.15) is 0 Å². The molecule has 3 rings (SSSR count). The molecule has 20 heavy (non-hydrogen) atoms. The molecule has 0 radical (unpaired) electrons. The third-order valence-corrected chi connectivity index (χ3v) is 4.19. The van der Waals surface area contributed by atoms with Crippen molar-refractivity contribution < 1.29 is 4.58 Å². The first-order valence-corrected chi connectivity index (χ1v) is 7.16. The van der Waals surface area contributed by atoms with Gasteiger partial charge in [-0.3, -0.25) is 4.58 Å². The number of likely N-dealkylation sites (N-methyl/N-ethyl adjacent to an activating group) is 1. The Hall–Kier alpha value is -2.09. The topological polar surface area (TPSA) is 6.25 Å². The van der Waals surface area contributed by atoms with Gasteiger partial charge in [-0.1, -0.05) is 30.3 Å². The fraction of sp³-hybridized carbons (Fsp3) is 0.278. The zero-order valence-electron chi connectivity index (χ0n) is 12.4. The van der Waals surface area contributed by atoms with Crippen molar-refractivity contribution in [1.82, 2.24) is 0 Å². The van der Waals surface area contributed by atoms with Crippen molar-refractivity contribution in [2.75, 3.05) is 25.0 Å². The van der Waals surface area contributed by atoms with Crippen LogP contribution in [0, 0.1) is 13.8 Å². The highest BCUT2D eigenvalue weighted by Gasteiger charge is 2.32. The van der Waals surface area contributed by atoms with Crippen molar-refractivity contribution in [2.45, 2.75) is 13.8 Å². The molecule has 0 atom stereocenters. The largest absolute Gasteiger partial charge is 0.284 e. The molecule has 0 N–H and O–H groups in total. The summed E-state index contributed by atoms with van der Waals surface area (Å²) in [6.45, 7) is 6.51. The van der Waals surface area contributed by atoms with E-state index < -0.39 is 0 Å². The predicted octanol–water partition coefficient (Wildman–Crippen LogP) is 3.21. The average Bonchev–Trinajstić information content (AvgIpc) is 2.85. The summed E-state index contributed by atoms with van der Waals surface area (Å²) < 4.78 is 2.36. The molecule has 2 aromatic rings. The van der Waals surface area contributed by atoms with Gasteiger partial charge >= 0.3 is 0 Å². The van der Waals surface area contributed by atoms with E-state index in [0.717, 1.165) is 13.1 Å². The third-order valence-electron chi connectivity index (χ3n) is 4.19. The first kappa shape index (κ1) is 12.9. The van der Waals surface area contributed by atoms with Crippen LogP contribution in [-0.4, -0.2) is 30.5 Å². The molecule has 0 aromatic heterocycles. The minimum atomic E-state index is 1.04. The molecule has 0 saturated carbocycles. The minimum absolute atomic E-state index is 1.04. The number of nitrogens with zero attached hydrogens (tertiary/aromatic N) is 2. The normalized spacial score (nSPS) is 15.1. The van der Waals surface area contributed by atoms with E-state index >= 15 is 0 Å². The highest BCUT2D eigenvalue weighted by Crippen LogP contribution is 2.23. The van der Waals surface area contributed by atoms with Gasteiger partial charge in [-0.25, -0.2) is 4.90 Å². The fourth-order valence-corrected chi connectivity index (χ4v) is 2.87. The van der Waals surface area contributed by atoms with E-state index in [-0.39, 0.29) is 0 Å². The second-order valence-electron chi connectivity index (χ2n) is 5.48. The van der Waals surface area contributed by atoms with Crippen molar-refractivity contribution in [3.8, 4) is 0 Å². The summed E-state index contributed by atoms with van der Waals surface area (Å²) in [5.74, 6) is 1.32. The van der Waals surface area contributed by atoms with Crippen LogP contribution in [0.5, 0.6) is 0 Å².